The van der Waals surface area contributed by atoms with Crippen LogP contribution in [0.2, 0.25) is 0 Å². The molecule has 1 saturated carbocycles. The quantitative estimate of drug-likeness (QED) is 0.763. The van der Waals surface area contributed by atoms with Crippen molar-refractivity contribution in [2.45, 2.75) is 19.3 Å². The zero-order chi connectivity index (χ0) is 13.0. The van der Waals surface area contributed by atoms with Crippen LogP contribution in [-0.4, -0.2) is 23.7 Å². The van der Waals surface area contributed by atoms with Crippen molar-refractivity contribution in [3.05, 3.63) is 30.3 Å². The van der Waals surface area contributed by atoms with Crippen LogP contribution in [0.4, 0.5) is 10.5 Å². The van der Waals surface area contributed by atoms with Crippen molar-refractivity contribution < 1.29 is 14.7 Å². The van der Waals surface area contributed by atoms with Crippen LogP contribution in [0.5, 0.6) is 0 Å². The number of hydrogen-bond acceptors (Lipinski definition) is 2. The van der Waals surface area contributed by atoms with Crippen LogP contribution < -0.4 is 10.6 Å². The Hall–Kier alpha value is -2.04. The largest absolute Gasteiger partial charge is 0.481 e. The van der Waals surface area contributed by atoms with E-state index < -0.39 is 11.4 Å². The van der Waals surface area contributed by atoms with Crippen LogP contribution >= 0.6 is 0 Å². The molecule has 96 valence electrons. The van der Waals surface area contributed by atoms with Crippen molar-refractivity contribution in [3.8, 4) is 0 Å². The first-order valence-electron chi connectivity index (χ1n) is 5.96. The molecule has 0 unspecified atom stereocenters. The summed E-state index contributed by atoms with van der Waals surface area (Å²) in [6.45, 7) is 0.182. The maximum absolute atomic E-state index is 11.6. The first kappa shape index (κ1) is 12.4. The second-order valence-corrected chi connectivity index (χ2v) is 4.61. The number of benzene rings is 1. The number of carboxylic acid groups (broad SMARTS) is 1. The zero-order valence-electron chi connectivity index (χ0n) is 9.98. The maximum atomic E-state index is 11.6. The number of amides is 2. The number of carbonyl (C=O) groups is 2. The first-order valence-corrected chi connectivity index (χ1v) is 5.96. The van der Waals surface area contributed by atoms with E-state index in [1.165, 1.54) is 0 Å². The van der Waals surface area contributed by atoms with Gasteiger partial charge in [-0.15, -0.1) is 0 Å². The third-order valence-corrected chi connectivity index (χ3v) is 3.38. The second-order valence-electron chi connectivity index (χ2n) is 4.61. The van der Waals surface area contributed by atoms with E-state index in [-0.39, 0.29) is 12.6 Å². The Bertz CT molecular complexity index is 441. The molecule has 5 nitrogen and oxygen atoms in total. The fourth-order valence-electron chi connectivity index (χ4n) is 2.02. The van der Waals surface area contributed by atoms with Crippen molar-refractivity contribution in [2.75, 3.05) is 11.9 Å². The molecule has 3 N–H and O–H groups in total. The molecule has 1 aromatic rings. The lowest BCUT2D eigenvalue weighted by atomic mass is 9.69. The Morgan fingerprint density at radius 3 is 2.39 bits per heavy atom. The summed E-state index contributed by atoms with van der Waals surface area (Å²) in [5, 5.41) is 14.4. The van der Waals surface area contributed by atoms with Crippen LogP contribution in [0.1, 0.15) is 19.3 Å². The van der Waals surface area contributed by atoms with E-state index in [0.29, 0.717) is 18.5 Å². The summed E-state index contributed by atoms with van der Waals surface area (Å²) in [5.41, 5.74) is -0.0680. The molecule has 0 aromatic heterocycles. The monoisotopic (exact) mass is 248 g/mol. The number of rotatable bonds is 4. The van der Waals surface area contributed by atoms with Crippen LogP contribution in [-0.2, 0) is 4.79 Å². The summed E-state index contributed by atoms with van der Waals surface area (Å²) in [5.74, 6) is -0.825. The molecule has 1 fully saturated rings. The van der Waals surface area contributed by atoms with Crippen molar-refractivity contribution in [1.29, 1.82) is 0 Å². The first-order chi connectivity index (χ1) is 8.62. The molecule has 0 bridgehead atoms. The molecular weight excluding hydrogens is 232 g/mol. The van der Waals surface area contributed by atoms with Crippen LogP contribution in [0.15, 0.2) is 30.3 Å². The molecule has 0 spiro atoms. The van der Waals surface area contributed by atoms with Gasteiger partial charge in [0.1, 0.15) is 0 Å². The van der Waals surface area contributed by atoms with Crippen molar-refractivity contribution in [3.63, 3.8) is 0 Å². The minimum atomic E-state index is -0.825. The Kier molecular flexibility index (Phi) is 3.50. The van der Waals surface area contributed by atoms with Gasteiger partial charge in [-0.2, -0.15) is 0 Å². The van der Waals surface area contributed by atoms with E-state index >= 15 is 0 Å². The normalized spacial score (nSPS) is 16.4. The summed E-state index contributed by atoms with van der Waals surface area (Å²) < 4.78 is 0. The van der Waals surface area contributed by atoms with Gasteiger partial charge in [0.25, 0.3) is 0 Å². The predicted octanol–water partition coefficient (Wildman–Crippen LogP) is 2.06. The average molecular weight is 248 g/mol. The lowest BCUT2D eigenvalue weighted by Crippen LogP contribution is -2.48. The fourth-order valence-corrected chi connectivity index (χ4v) is 2.02. The van der Waals surface area contributed by atoms with Gasteiger partial charge >= 0.3 is 12.0 Å². The molecular formula is C13H16N2O3. The van der Waals surface area contributed by atoms with Crippen molar-refractivity contribution in [2.24, 2.45) is 5.41 Å². The summed E-state index contributed by atoms with van der Waals surface area (Å²) in [6.07, 6.45) is 2.18. The molecule has 0 atom stereocenters. The lowest BCUT2D eigenvalue weighted by molar-refractivity contribution is -0.153. The molecule has 2 rings (SSSR count). The molecule has 1 aromatic carbocycles. The average Bonchev–Trinajstić information content (AvgIpc) is 2.28. The molecule has 1 aliphatic carbocycles. The van der Waals surface area contributed by atoms with Crippen LogP contribution in [0, 0.1) is 5.41 Å². The van der Waals surface area contributed by atoms with Gasteiger partial charge in [0.2, 0.25) is 0 Å². The van der Waals surface area contributed by atoms with Gasteiger partial charge in [-0.25, -0.2) is 4.79 Å². The minimum absolute atomic E-state index is 0.182. The Labute approximate surface area is 105 Å². The number of para-hydroxylation sites is 1. The Morgan fingerprint density at radius 1 is 1.22 bits per heavy atom. The van der Waals surface area contributed by atoms with E-state index in [2.05, 4.69) is 10.6 Å². The van der Waals surface area contributed by atoms with Gasteiger partial charge in [-0.3, -0.25) is 4.79 Å². The van der Waals surface area contributed by atoms with Crippen molar-refractivity contribution in [1.82, 2.24) is 5.32 Å². The second kappa shape index (κ2) is 5.08. The van der Waals surface area contributed by atoms with Gasteiger partial charge in [0.15, 0.2) is 0 Å². The number of urea groups is 1. The van der Waals surface area contributed by atoms with E-state index in [9.17, 15) is 9.59 Å². The molecule has 0 heterocycles. The summed E-state index contributed by atoms with van der Waals surface area (Å²) in [4.78, 5) is 22.7. The summed E-state index contributed by atoms with van der Waals surface area (Å²) in [6, 6.07) is 8.68. The molecule has 18 heavy (non-hydrogen) atoms. The number of carbonyl (C=O) groups excluding carboxylic acids is 1. The highest BCUT2D eigenvalue weighted by atomic mass is 16.4. The van der Waals surface area contributed by atoms with Crippen LogP contribution in [0.3, 0.4) is 0 Å². The lowest BCUT2D eigenvalue weighted by Gasteiger charge is -2.37. The Morgan fingerprint density at radius 2 is 1.89 bits per heavy atom. The smallest absolute Gasteiger partial charge is 0.319 e. The highest BCUT2D eigenvalue weighted by Crippen LogP contribution is 2.40. The van der Waals surface area contributed by atoms with Gasteiger partial charge in [-0.1, -0.05) is 24.6 Å². The van der Waals surface area contributed by atoms with Gasteiger partial charge < -0.3 is 15.7 Å². The molecule has 0 saturated heterocycles. The number of carboxylic acids is 1. The fraction of sp³-hybridized carbons (Fsp3) is 0.385. The molecule has 2 amide bonds. The van der Waals surface area contributed by atoms with Crippen LogP contribution in [0.25, 0.3) is 0 Å². The SMILES string of the molecule is O=C(NCC1(C(=O)O)CCC1)Nc1ccccc1. The van der Waals surface area contributed by atoms with E-state index in [1.54, 1.807) is 12.1 Å². The third kappa shape index (κ3) is 2.61. The number of anilines is 1. The summed E-state index contributed by atoms with van der Waals surface area (Å²) >= 11 is 0. The minimum Gasteiger partial charge on any atom is -0.481 e. The van der Waals surface area contributed by atoms with Gasteiger partial charge in [-0.05, 0) is 25.0 Å². The highest BCUT2D eigenvalue weighted by Gasteiger charge is 2.44. The molecule has 1 aliphatic rings. The number of nitrogens with one attached hydrogen (secondary N) is 2. The van der Waals surface area contributed by atoms with E-state index in [0.717, 1.165) is 6.42 Å². The number of aliphatic carboxylic acids is 1. The molecule has 0 aliphatic heterocycles. The number of hydrogen-bond donors (Lipinski definition) is 3. The van der Waals surface area contributed by atoms with Gasteiger partial charge in [0, 0.05) is 12.2 Å². The third-order valence-electron chi connectivity index (χ3n) is 3.38. The highest BCUT2D eigenvalue weighted by molar-refractivity contribution is 5.89. The maximum Gasteiger partial charge on any atom is 0.319 e. The van der Waals surface area contributed by atoms with E-state index in [1.807, 2.05) is 18.2 Å². The Balaban J connectivity index is 1.83. The molecule has 0 radical (unpaired) electrons. The topological polar surface area (TPSA) is 78.4 Å². The zero-order valence-corrected chi connectivity index (χ0v) is 9.98. The standard InChI is InChI=1S/C13H16N2O3/c16-11(17)13(7-4-8-13)9-14-12(18)15-10-5-2-1-3-6-10/h1-3,5-6H,4,7-9H2,(H,16,17)(H2,14,15,18). The van der Waals surface area contributed by atoms with Gasteiger partial charge in [0.05, 0.1) is 5.41 Å². The van der Waals surface area contributed by atoms with Crippen molar-refractivity contribution >= 4 is 17.7 Å². The molecule has 5 heteroatoms. The summed E-state index contributed by atoms with van der Waals surface area (Å²) in [7, 11) is 0. The van der Waals surface area contributed by atoms with E-state index in [4.69, 9.17) is 5.11 Å². The predicted molar refractivity (Wildman–Crippen MR) is 67.4 cm³/mol.